The Morgan fingerprint density at radius 1 is 0.514 bits per heavy atom. The average Bonchev–Trinajstić information content (AvgIpc) is 3.33. The normalized spacial score (nSPS) is 11.4. The van der Waals surface area contributed by atoms with Crippen molar-refractivity contribution in [2.24, 2.45) is 0 Å². The molecule has 3 aromatic heterocycles. The van der Waals surface area contributed by atoms with Gasteiger partial charge in [-0.25, -0.2) is 15.0 Å². The molecule has 0 spiro atoms. The van der Waals surface area contributed by atoms with Crippen molar-refractivity contribution in [1.29, 1.82) is 0 Å². The van der Waals surface area contributed by atoms with Crippen LogP contribution in [0.3, 0.4) is 0 Å². The van der Waals surface area contributed by atoms with E-state index >= 15 is 0 Å². The molecular weight excluding hydrogens is 448 g/mol. The van der Waals surface area contributed by atoms with E-state index in [2.05, 4.69) is 42.5 Å². The number of rotatable bonds is 3. The quantitative estimate of drug-likeness (QED) is 0.267. The number of hydrogen-bond acceptors (Lipinski definition) is 5. The summed E-state index contributed by atoms with van der Waals surface area (Å²) in [5, 5.41) is 3.47. The third kappa shape index (κ3) is 3.45. The van der Waals surface area contributed by atoms with E-state index in [9.17, 15) is 0 Å². The van der Waals surface area contributed by atoms with Gasteiger partial charge in [0.1, 0.15) is 0 Å². The van der Waals surface area contributed by atoms with Gasteiger partial charge in [-0.1, -0.05) is 91.0 Å². The summed E-state index contributed by atoms with van der Waals surface area (Å²) < 4.78 is 2.46. The van der Waals surface area contributed by atoms with Crippen LogP contribution in [0.2, 0.25) is 0 Å². The van der Waals surface area contributed by atoms with E-state index < -0.39 is 0 Å². The minimum Gasteiger partial charge on any atom is -0.254 e. The first kappa shape index (κ1) is 19.9. The number of aromatic nitrogens is 4. The Morgan fingerprint density at radius 3 is 1.80 bits per heavy atom. The summed E-state index contributed by atoms with van der Waals surface area (Å²) >= 11 is 1.79. The number of benzene rings is 4. The standard InChI is InChI=1S/C30H18N4S/c1-3-9-19(10-4-1)28-32-29(20-11-5-2-6-12-20)34-30(33-28)21-15-16-23-22(17-21)18-31-26-24-13-7-8-14-25(24)35-27(23)26/h1-18H. The lowest BCUT2D eigenvalue weighted by molar-refractivity contribution is 1.07. The maximum atomic E-state index is 4.86. The van der Waals surface area contributed by atoms with Gasteiger partial charge in [0.05, 0.1) is 10.2 Å². The lowest BCUT2D eigenvalue weighted by atomic mass is 10.1. The van der Waals surface area contributed by atoms with Gasteiger partial charge in [0.2, 0.25) is 0 Å². The average molecular weight is 467 g/mol. The van der Waals surface area contributed by atoms with Gasteiger partial charge in [0.25, 0.3) is 0 Å². The van der Waals surface area contributed by atoms with Gasteiger partial charge in [0.15, 0.2) is 17.5 Å². The molecular formula is C30H18N4S. The van der Waals surface area contributed by atoms with E-state index in [1.165, 1.54) is 20.2 Å². The van der Waals surface area contributed by atoms with Crippen molar-refractivity contribution in [3.05, 3.63) is 109 Å². The van der Waals surface area contributed by atoms with E-state index in [0.717, 1.165) is 27.6 Å². The van der Waals surface area contributed by atoms with Gasteiger partial charge >= 0.3 is 0 Å². The van der Waals surface area contributed by atoms with Gasteiger partial charge in [-0.2, -0.15) is 0 Å². The molecule has 0 aliphatic heterocycles. The number of thiophene rings is 1. The maximum Gasteiger partial charge on any atom is 0.164 e. The molecule has 0 saturated carbocycles. The highest BCUT2D eigenvalue weighted by Crippen LogP contribution is 2.37. The minimum absolute atomic E-state index is 0.649. The van der Waals surface area contributed by atoms with E-state index in [-0.39, 0.29) is 0 Å². The molecule has 7 aromatic rings. The van der Waals surface area contributed by atoms with Gasteiger partial charge in [-0.15, -0.1) is 11.3 Å². The largest absolute Gasteiger partial charge is 0.254 e. The van der Waals surface area contributed by atoms with E-state index in [0.29, 0.717) is 17.5 Å². The third-order valence-corrected chi connectivity index (χ3v) is 7.35. The minimum atomic E-state index is 0.649. The van der Waals surface area contributed by atoms with Crippen molar-refractivity contribution < 1.29 is 0 Å². The van der Waals surface area contributed by atoms with Crippen LogP contribution >= 0.6 is 11.3 Å². The van der Waals surface area contributed by atoms with E-state index in [1.54, 1.807) is 11.3 Å². The molecule has 0 unspecified atom stereocenters. The van der Waals surface area contributed by atoms with Crippen molar-refractivity contribution >= 4 is 42.4 Å². The van der Waals surface area contributed by atoms with Gasteiger partial charge in [-0.3, -0.25) is 4.98 Å². The molecule has 0 fully saturated rings. The molecule has 3 heterocycles. The molecule has 0 aliphatic carbocycles. The highest BCUT2D eigenvalue weighted by atomic mass is 32.1. The summed E-state index contributed by atoms with van der Waals surface area (Å²) in [5.74, 6) is 1.97. The van der Waals surface area contributed by atoms with Crippen molar-refractivity contribution in [3.8, 4) is 34.2 Å². The first-order valence-electron chi connectivity index (χ1n) is 11.4. The summed E-state index contributed by atoms with van der Waals surface area (Å²) in [6, 6.07) is 34.9. The SMILES string of the molecule is c1ccc(-c2nc(-c3ccccc3)nc(-c3ccc4c(cnc5c6ccccc6sc45)c3)n2)cc1. The number of fused-ring (bicyclic) bond motifs is 5. The Kier molecular flexibility index (Phi) is 4.60. The van der Waals surface area contributed by atoms with Crippen LogP contribution in [0.4, 0.5) is 0 Å². The Labute approximate surface area is 205 Å². The molecule has 7 rings (SSSR count). The number of nitrogens with zero attached hydrogens (tertiary/aromatic N) is 4. The third-order valence-electron chi connectivity index (χ3n) is 6.16. The van der Waals surface area contributed by atoms with Gasteiger partial charge in [-0.05, 0) is 12.1 Å². The first-order valence-corrected chi connectivity index (χ1v) is 12.2. The zero-order valence-corrected chi connectivity index (χ0v) is 19.4. The Morgan fingerprint density at radius 2 is 1.11 bits per heavy atom. The van der Waals surface area contributed by atoms with Crippen LogP contribution in [0.25, 0.3) is 65.2 Å². The zero-order chi connectivity index (χ0) is 23.2. The second-order valence-electron chi connectivity index (χ2n) is 8.37. The Balaban J connectivity index is 1.42. The first-order chi connectivity index (χ1) is 17.3. The summed E-state index contributed by atoms with van der Waals surface area (Å²) in [6.07, 6.45) is 1.96. The second-order valence-corrected chi connectivity index (χ2v) is 9.43. The lowest BCUT2D eigenvalue weighted by Crippen LogP contribution is -2.00. The van der Waals surface area contributed by atoms with Crippen molar-refractivity contribution in [3.63, 3.8) is 0 Å². The van der Waals surface area contributed by atoms with Crippen LogP contribution in [-0.2, 0) is 0 Å². The Hall–Kier alpha value is -4.48. The fraction of sp³-hybridized carbons (Fsp3) is 0. The van der Waals surface area contributed by atoms with Gasteiger partial charge in [0, 0.05) is 43.7 Å². The van der Waals surface area contributed by atoms with Crippen molar-refractivity contribution in [2.45, 2.75) is 0 Å². The summed E-state index contributed by atoms with van der Waals surface area (Å²) in [4.78, 5) is 19.3. The molecule has 0 saturated heterocycles. The molecule has 0 amide bonds. The summed E-state index contributed by atoms with van der Waals surface area (Å²) in [6.45, 7) is 0. The zero-order valence-electron chi connectivity index (χ0n) is 18.6. The molecule has 0 N–H and O–H groups in total. The molecule has 164 valence electrons. The van der Waals surface area contributed by atoms with Gasteiger partial charge < -0.3 is 0 Å². The number of hydrogen-bond donors (Lipinski definition) is 0. The van der Waals surface area contributed by atoms with Crippen LogP contribution in [-0.4, -0.2) is 19.9 Å². The highest BCUT2D eigenvalue weighted by molar-refractivity contribution is 7.26. The van der Waals surface area contributed by atoms with E-state index in [4.69, 9.17) is 19.9 Å². The fourth-order valence-corrected chi connectivity index (χ4v) is 5.63. The molecule has 0 aliphatic rings. The maximum absolute atomic E-state index is 4.86. The predicted molar refractivity (Wildman–Crippen MR) is 144 cm³/mol. The smallest absolute Gasteiger partial charge is 0.164 e. The van der Waals surface area contributed by atoms with Crippen molar-refractivity contribution in [2.75, 3.05) is 0 Å². The molecule has 0 atom stereocenters. The second kappa shape index (κ2) is 8.08. The van der Waals surface area contributed by atoms with Crippen molar-refractivity contribution in [1.82, 2.24) is 19.9 Å². The lowest BCUT2D eigenvalue weighted by Gasteiger charge is -2.09. The summed E-state index contributed by atoms with van der Waals surface area (Å²) in [7, 11) is 0. The van der Waals surface area contributed by atoms with Crippen LogP contribution in [0.1, 0.15) is 0 Å². The molecule has 35 heavy (non-hydrogen) atoms. The number of pyridine rings is 1. The molecule has 4 aromatic carbocycles. The summed E-state index contributed by atoms with van der Waals surface area (Å²) in [5.41, 5.74) is 3.92. The van der Waals surface area contributed by atoms with E-state index in [1.807, 2.05) is 66.9 Å². The van der Waals surface area contributed by atoms with Crippen LogP contribution in [0, 0.1) is 0 Å². The fourth-order valence-electron chi connectivity index (χ4n) is 4.43. The molecule has 0 radical (unpaired) electrons. The monoisotopic (exact) mass is 466 g/mol. The predicted octanol–water partition coefficient (Wildman–Crippen LogP) is 7.79. The molecule has 0 bridgehead atoms. The van der Waals surface area contributed by atoms with Crippen LogP contribution in [0.5, 0.6) is 0 Å². The molecule has 5 heteroatoms. The Bertz CT molecular complexity index is 1790. The topological polar surface area (TPSA) is 51.6 Å². The molecule has 4 nitrogen and oxygen atoms in total. The van der Waals surface area contributed by atoms with Crippen LogP contribution < -0.4 is 0 Å². The highest BCUT2D eigenvalue weighted by Gasteiger charge is 2.14. The van der Waals surface area contributed by atoms with Crippen LogP contribution in [0.15, 0.2) is 109 Å².